The van der Waals surface area contributed by atoms with Gasteiger partial charge in [-0.15, -0.1) is 11.3 Å². The zero-order valence-corrected chi connectivity index (χ0v) is 9.76. The van der Waals surface area contributed by atoms with E-state index < -0.39 is 0 Å². The van der Waals surface area contributed by atoms with E-state index in [1.807, 2.05) is 18.2 Å². The van der Waals surface area contributed by atoms with Crippen LogP contribution < -0.4 is 9.47 Å². The molecule has 0 aliphatic rings. The number of fused-ring (bicyclic) bond motifs is 1. The number of carbonyl (C=O) groups is 1. The Morgan fingerprint density at radius 1 is 1.12 bits per heavy atom. The first-order valence-corrected chi connectivity index (χ1v) is 5.21. The maximum absolute atomic E-state index is 10.6. The summed E-state index contributed by atoms with van der Waals surface area (Å²) in [5.41, 5.74) is 0. The van der Waals surface area contributed by atoms with E-state index in [0.29, 0.717) is 16.4 Å². The van der Waals surface area contributed by atoms with Gasteiger partial charge in [-0.2, -0.15) is 0 Å². The first-order valence-electron chi connectivity index (χ1n) is 4.39. The lowest BCUT2D eigenvalue weighted by atomic mass is 10.2. The van der Waals surface area contributed by atoms with E-state index in [-0.39, 0.29) is 5.48 Å². The minimum Gasteiger partial charge on any atom is -0.493 e. The molecule has 0 bridgehead atoms. The molecule has 0 radical (unpaired) electrons. The van der Waals surface area contributed by atoms with Crippen molar-refractivity contribution in [3.63, 3.8) is 0 Å². The number of thiophene rings is 1. The molecule has 2 aromatic rings. The van der Waals surface area contributed by atoms with Crippen LogP contribution in [0.3, 0.4) is 0 Å². The Labute approximate surface area is 96.7 Å². The SMILES string of the molecule is COc1cc2cc(C=O)sc2cc1OC.O. The van der Waals surface area contributed by atoms with Crippen LogP contribution in [0, 0.1) is 0 Å². The zero-order valence-electron chi connectivity index (χ0n) is 8.94. The molecule has 0 amide bonds. The van der Waals surface area contributed by atoms with Crippen molar-refractivity contribution >= 4 is 27.7 Å². The van der Waals surface area contributed by atoms with Gasteiger partial charge in [0, 0.05) is 10.8 Å². The van der Waals surface area contributed by atoms with Crippen molar-refractivity contribution in [2.45, 2.75) is 0 Å². The summed E-state index contributed by atoms with van der Waals surface area (Å²) in [6, 6.07) is 5.60. The molecular weight excluding hydrogens is 228 g/mol. The molecule has 0 fully saturated rings. The smallest absolute Gasteiger partial charge is 0.162 e. The molecule has 16 heavy (non-hydrogen) atoms. The molecular formula is C11H12O4S. The Morgan fingerprint density at radius 3 is 2.31 bits per heavy atom. The third kappa shape index (κ3) is 2.00. The molecule has 2 rings (SSSR count). The molecule has 4 nitrogen and oxygen atoms in total. The van der Waals surface area contributed by atoms with Gasteiger partial charge in [-0.3, -0.25) is 4.79 Å². The van der Waals surface area contributed by atoms with E-state index in [2.05, 4.69) is 0 Å². The second kappa shape index (κ2) is 4.96. The summed E-state index contributed by atoms with van der Waals surface area (Å²) in [6.07, 6.45) is 0.851. The number of methoxy groups -OCH3 is 2. The second-order valence-electron chi connectivity index (χ2n) is 3.01. The summed E-state index contributed by atoms with van der Waals surface area (Å²) in [7, 11) is 3.19. The zero-order chi connectivity index (χ0) is 10.8. The molecule has 0 aliphatic carbocycles. The molecule has 0 saturated carbocycles. The number of hydrogen-bond donors (Lipinski definition) is 0. The monoisotopic (exact) mass is 240 g/mol. The number of ether oxygens (including phenoxy) is 2. The summed E-state index contributed by atoms with van der Waals surface area (Å²) < 4.78 is 11.4. The van der Waals surface area contributed by atoms with Crippen LogP contribution in [0.5, 0.6) is 11.5 Å². The Kier molecular flexibility index (Phi) is 3.87. The number of benzene rings is 1. The molecule has 1 aromatic heterocycles. The van der Waals surface area contributed by atoms with Gasteiger partial charge < -0.3 is 14.9 Å². The van der Waals surface area contributed by atoms with Gasteiger partial charge in [0.05, 0.1) is 19.1 Å². The van der Waals surface area contributed by atoms with Crippen molar-refractivity contribution in [3.05, 3.63) is 23.1 Å². The van der Waals surface area contributed by atoms with E-state index in [0.717, 1.165) is 16.4 Å². The highest BCUT2D eigenvalue weighted by atomic mass is 32.1. The van der Waals surface area contributed by atoms with Crippen molar-refractivity contribution in [1.82, 2.24) is 0 Å². The van der Waals surface area contributed by atoms with Crippen molar-refractivity contribution in [2.24, 2.45) is 0 Å². The molecule has 1 aromatic carbocycles. The Hall–Kier alpha value is -1.59. The lowest BCUT2D eigenvalue weighted by Gasteiger charge is -2.06. The van der Waals surface area contributed by atoms with Crippen molar-refractivity contribution in [1.29, 1.82) is 0 Å². The summed E-state index contributed by atoms with van der Waals surface area (Å²) in [6.45, 7) is 0. The summed E-state index contributed by atoms with van der Waals surface area (Å²) in [5, 5.41) is 1.000. The van der Waals surface area contributed by atoms with Crippen LogP contribution in [-0.2, 0) is 0 Å². The average molecular weight is 240 g/mol. The highest BCUT2D eigenvalue weighted by Gasteiger charge is 2.08. The first-order chi connectivity index (χ1) is 7.28. The molecule has 86 valence electrons. The molecule has 0 unspecified atom stereocenters. The van der Waals surface area contributed by atoms with Crippen LogP contribution >= 0.6 is 11.3 Å². The standard InChI is InChI=1S/C11H10O3S.H2O/c1-13-9-4-7-3-8(6-12)15-11(7)5-10(9)14-2;/h3-6H,1-2H3;1H2. The van der Waals surface area contributed by atoms with Crippen LogP contribution in [0.25, 0.3) is 10.1 Å². The maximum Gasteiger partial charge on any atom is 0.162 e. The Bertz CT molecular complexity index is 463. The molecule has 5 heteroatoms. The maximum atomic E-state index is 10.6. The van der Waals surface area contributed by atoms with E-state index in [1.165, 1.54) is 11.3 Å². The summed E-state index contributed by atoms with van der Waals surface area (Å²) >= 11 is 1.44. The number of rotatable bonds is 3. The lowest BCUT2D eigenvalue weighted by Crippen LogP contribution is -1.89. The predicted octanol–water partition coefficient (Wildman–Crippen LogP) is 1.91. The van der Waals surface area contributed by atoms with Crippen molar-refractivity contribution in [2.75, 3.05) is 14.2 Å². The van der Waals surface area contributed by atoms with Crippen LogP contribution in [0.4, 0.5) is 0 Å². The third-order valence-electron chi connectivity index (χ3n) is 2.16. The molecule has 2 N–H and O–H groups in total. The molecule has 0 spiro atoms. The summed E-state index contributed by atoms with van der Waals surface area (Å²) in [4.78, 5) is 11.3. The van der Waals surface area contributed by atoms with Gasteiger partial charge in [0.25, 0.3) is 0 Å². The fourth-order valence-corrected chi connectivity index (χ4v) is 2.33. The molecule has 0 atom stereocenters. The van der Waals surface area contributed by atoms with Gasteiger partial charge in [-0.05, 0) is 17.5 Å². The van der Waals surface area contributed by atoms with Gasteiger partial charge in [-0.25, -0.2) is 0 Å². The molecule has 1 heterocycles. The highest BCUT2D eigenvalue weighted by molar-refractivity contribution is 7.20. The fraction of sp³-hybridized carbons (Fsp3) is 0.182. The molecule has 0 saturated heterocycles. The van der Waals surface area contributed by atoms with Gasteiger partial charge in [0.1, 0.15) is 0 Å². The van der Waals surface area contributed by atoms with Gasteiger partial charge in [0.2, 0.25) is 0 Å². The van der Waals surface area contributed by atoms with Crippen LogP contribution in [0.15, 0.2) is 18.2 Å². The van der Waals surface area contributed by atoms with Gasteiger partial charge in [-0.1, -0.05) is 0 Å². The quantitative estimate of drug-likeness (QED) is 0.769. The van der Waals surface area contributed by atoms with Gasteiger partial charge in [0.15, 0.2) is 17.8 Å². The van der Waals surface area contributed by atoms with Crippen molar-refractivity contribution < 1.29 is 19.7 Å². The normalized spacial score (nSPS) is 9.62. The Morgan fingerprint density at radius 2 is 1.75 bits per heavy atom. The summed E-state index contributed by atoms with van der Waals surface area (Å²) in [5.74, 6) is 1.37. The number of aldehydes is 1. The predicted molar refractivity (Wildman–Crippen MR) is 63.9 cm³/mol. The van der Waals surface area contributed by atoms with Gasteiger partial charge >= 0.3 is 0 Å². The third-order valence-corrected chi connectivity index (χ3v) is 3.18. The van der Waals surface area contributed by atoms with E-state index >= 15 is 0 Å². The van der Waals surface area contributed by atoms with Crippen LogP contribution in [0.2, 0.25) is 0 Å². The average Bonchev–Trinajstić information content (AvgIpc) is 2.68. The topological polar surface area (TPSA) is 67.0 Å². The molecule has 0 aliphatic heterocycles. The highest BCUT2D eigenvalue weighted by Crippen LogP contribution is 2.35. The number of hydrogen-bond acceptors (Lipinski definition) is 4. The first kappa shape index (κ1) is 12.5. The minimum atomic E-state index is 0. The minimum absolute atomic E-state index is 0. The lowest BCUT2D eigenvalue weighted by molar-refractivity contribution is 0.112. The van der Waals surface area contributed by atoms with E-state index in [9.17, 15) is 4.79 Å². The van der Waals surface area contributed by atoms with E-state index in [4.69, 9.17) is 9.47 Å². The van der Waals surface area contributed by atoms with Crippen LogP contribution in [-0.4, -0.2) is 26.0 Å². The van der Waals surface area contributed by atoms with Crippen LogP contribution in [0.1, 0.15) is 9.67 Å². The Balaban J connectivity index is 0.00000128. The van der Waals surface area contributed by atoms with Crippen molar-refractivity contribution in [3.8, 4) is 11.5 Å². The second-order valence-corrected chi connectivity index (χ2v) is 4.13. The number of carbonyl (C=O) groups excluding carboxylic acids is 1. The largest absolute Gasteiger partial charge is 0.493 e. The van der Waals surface area contributed by atoms with E-state index in [1.54, 1.807) is 14.2 Å². The fourth-order valence-electron chi connectivity index (χ4n) is 1.45.